The Hall–Kier alpha value is -2.23. The second-order valence-corrected chi connectivity index (χ2v) is 4.36. The maximum Gasteiger partial charge on any atom is 0.258 e. The van der Waals surface area contributed by atoms with Gasteiger partial charge in [-0.2, -0.15) is 0 Å². The molecular formula is C14H15N3O. The summed E-state index contributed by atoms with van der Waals surface area (Å²) in [5.41, 5.74) is 2.43. The first-order valence-corrected chi connectivity index (χ1v) is 5.83. The number of anilines is 1. The first kappa shape index (κ1) is 12.2. The SMILES string of the molecule is CC(C)c1cccc(NC(=O)c2cncnc2)c1. The van der Waals surface area contributed by atoms with Crippen LogP contribution in [0.2, 0.25) is 0 Å². The Balaban J connectivity index is 2.15. The minimum absolute atomic E-state index is 0.198. The molecule has 4 nitrogen and oxygen atoms in total. The normalized spacial score (nSPS) is 10.4. The van der Waals surface area contributed by atoms with E-state index in [4.69, 9.17) is 0 Å². The van der Waals surface area contributed by atoms with Crippen molar-refractivity contribution in [1.29, 1.82) is 0 Å². The lowest BCUT2D eigenvalue weighted by Gasteiger charge is -2.09. The minimum atomic E-state index is -0.198. The van der Waals surface area contributed by atoms with Gasteiger partial charge in [-0.15, -0.1) is 0 Å². The van der Waals surface area contributed by atoms with E-state index in [9.17, 15) is 4.79 Å². The molecule has 92 valence electrons. The standard InChI is InChI=1S/C14H15N3O/c1-10(2)11-4-3-5-13(6-11)17-14(18)12-7-15-9-16-8-12/h3-10H,1-2H3,(H,17,18). The minimum Gasteiger partial charge on any atom is -0.322 e. The van der Waals surface area contributed by atoms with Gasteiger partial charge in [-0.1, -0.05) is 26.0 Å². The first-order valence-electron chi connectivity index (χ1n) is 5.83. The van der Waals surface area contributed by atoms with Crippen LogP contribution in [0.1, 0.15) is 35.7 Å². The number of hydrogen-bond acceptors (Lipinski definition) is 3. The fraction of sp³-hybridized carbons (Fsp3) is 0.214. The van der Waals surface area contributed by atoms with Crippen LogP contribution in [0.25, 0.3) is 0 Å². The zero-order valence-electron chi connectivity index (χ0n) is 10.4. The van der Waals surface area contributed by atoms with Crippen molar-refractivity contribution in [3.05, 3.63) is 54.1 Å². The molecule has 0 aliphatic heterocycles. The molecule has 1 heterocycles. The van der Waals surface area contributed by atoms with Crippen LogP contribution in [-0.2, 0) is 0 Å². The van der Waals surface area contributed by atoms with Crippen LogP contribution < -0.4 is 5.32 Å². The fourth-order valence-corrected chi connectivity index (χ4v) is 1.60. The van der Waals surface area contributed by atoms with E-state index in [-0.39, 0.29) is 5.91 Å². The molecule has 0 bridgehead atoms. The van der Waals surface area contributed by atoms with Crippen LogP contribution in [0.5, 0.6) is 0 Å². The van der Waals surface area contributed by atoms with E-state index in [0.29, 0.717) is 11.5 Å². The van der Waals surface area contributed by atoms with E-state index in [2.05, 4.69) is 29.1 Å². The summed E-state index contributed by atoms with van der Waals surface area (Å²) in [6.07, 6.45) is 4.39. The zero-order valence-corrected chi connectivity index (χ0v) is 10.4. The van der Waals surface area contributed by atoms with Crippen LogP contribution in [0.4, 0.5) is 5.69 Å². The maximum absolute atomic E-state index is 11.9. The molecule has 0 aliphatic carbocycles. The molecule has 0 unspecified atom stereocenters. The number of nitrogens with one attached hydrogen (secondary N) is 1. The molecule has 2 aromatic rings. The predicted molar refractivity (Wildman–Crippen MR) is 70.5 cm³/mol. The van der Waals surface area contributed by atoms with Crippen LogP contribution in [0, 0.1) is 0 Å². The first-order chi connectivity index (χ1) is 8.66. The molecule has 2 rings (SSSR count). The molecular weight excluding hydrogens is 226 g/mol. The van der Waals surface area contributed by atoms with Gasteiger partial charge < -0.3 is 5.32 Å². The van der Waals surface area contributed by atoms with Gasteiger partial charge in [-0.25, -0.2) is 9.97 Å². The van der Waals surface area contributed by atoms with Gasteiger partial charge in [0.25, 0.3) is 5.91 Å². The summed E-state index contributed by atoms with van der Waals surface area (Å²) in [4.78, 5) is 19.5. The third-order valence-electron chi connectivity index (χ3n) is 2.63. The lowest BCUT2D eigenvalue weighted by Crippen LogP contribution is -2.12. The van der Waals surface area contributed by atoms with Gasteiger partial charge in [-0.05, 0) is 23.6 Å². The summed E-state index contributed by atoms with van der Waals surface area (Å²) in [6.45, 7) is 4.23. The van der Waals surface area contributed by atoms with Crippen molar-refractivity contribution in [2.24, 2.45) is 0 Å². The summed E-state index contributed by atoms with van der Waals surface area (Å²) >= 11 is 0. The molecule has 0 saturated carbocycles. The highest BCUT2D eigenvalue weighted by molar-refractivity contribution is 6.03. The average molecular weight is 241 g/mol. The van der Waals surface area contributed by atoms with E-state index in [1.165, 1.54) is 24.3 Å². The topological polar surface area (TPSA) is 54.9 Å². The number of rotatable bonds is 3. The average Bonchev–Trinajstić information content (AvgIpc) is 2.40. The Labute approximate surface area is 106 Å². The Morgan fingerprint density at radius 3 is 2.61 bits per heavy atom. The van der Waals surface area contributed by atoms with Crippen molar-refractivity contribution in [1.82, 2.24) is 9.97 Å². The van der Waals surface area contributed by atoms with Crippen LogP contribution in [-0.4, -0.2) is 15.9 Å². The molecule has 0 saturated heterocycles. The quantitative estimate of drug-likeness (QED) is 0.899. The third-order valence-corrected chi connectivity index (χ3v) is 2.63. The van der Waals surface area contributed by atoms with Gasteiger partial charge in [0.1, 0.15) is 6.33 Å². The van der Waals surface area contributed by atoms with Crippen molar-refractivity contribution in [2.45, 2.75) is 19.8 Å². The number of aromatic nitrogens is 2. The third kappa shape index (κ3) is 2.91. The van der Waals surface area contributed by atoms with Crippen LogP contribution in [0.15, 0.2) is 43.0 Å². The van der Waals surface area contributed by atoms with E-state index < -0.39 is 0 Å². The molecule has 1 amide bonds. The van der Waals surface area contributed by atoms with Gasteiger partial charge in [0, 0.05) is 18.1 Å². The number of nitrogens with zero attached hydrogens (tertiary/aromatic N) is 2. The summed E-state index contributed by atoms with van der Waals surface area (Å²) in [5, 5.41) is 2.83. The monoisotopic (exact) mass is 241 g/mol. The van der Waals surface area contributed by atoms with Gasteiger partial charge in [-0.3, -0.25) is 4.79 Å². The molecule has 0 aliphatic rings. The second kappa shape index (κ2) is 5.40. The molecule has 0 fully saturated rings. The molecule has 0 atom stereocenters. The van der Waals surface area contributed by atoms with Crippen LogP contribution in [0.3, 0.4) is 0 Å². The highest BCUT2D eigenvalue weighted by atomic mass is 16.1. The highest BCUT2D eigenvalue weighted by Crippen LogP contribution is 2.18. The van der Waals surface area contributed by atoms with Crippen molar-refractivity contribution in [3.63, 3.8) is 0 Å². The largest absolute Gasteiger partial charge is 0.322 e. The zero-order chi connectivity index (χ0) is 13.0. The molecule has 1 aromatic carbocycles. The summed E-state index contributed by atoms with van der Waals surface area (Å²) in [6, 6.07) is 7.83. The number of carbonyl (C=O) groups is 1. The number of hydrogen-bond donors (Lipinski definition) is 1. The molecule has 18 heavy (non-hydrogen) atoms. The predicted octanol–water partition coefficient (Wildman–Crippen LogP) is 2.85. The van der Waals surface area contributed by atoms with Gasteiger partial charge in [0.15, 0.2) is 0 Å². The van der Waals surface area contributed by atoms with E-state index in [0.717, 1.165) is 5.69 Å². The van der Waals surface area contributed by atoms with Crippen molar-refractivity contribution in [2.75, 3.05) is 5.32 Å². The smallest absolute Gasteiger partial charge is 0.258 e. The lowest BCUT2D eigenvalue weighted by molar-refractivity contribution is 0.102. The van der Waals surface area contributed by atoms with Gasteiger partial charge in [0.05, 0.1) is 5.56 Å². The number of carbonyl (C=O) groups excluding carboxylic acids is 1. The molecule has 0 radical (unpaired) electrons. The summed E-state index contributed by atoms with van der Waals surface area (Å²) < 4.78 is 0. The van der Waals surface area contributed by atoms with Crippen LogP contribution >= 0.6 is 0 Å². The van der Waals surface area contributed by atoms with Crippen molar-refractivity contribution >= 4 is 11.6 Å². The molecule has 1 aromatic heterocycles. The van der Waals surface area contributed by atoms with Crippen molar-refractivity contribution < 1.29 is 4.79 Å². The lowest BCUT2D eigenvalue weighted by atomic mass is 10.0. The Bertz CT molecular complexity index is 538. The Morgan fingerprint density at radius 1 is 1.22 bits per heavy atom. The van der Waals surface area contributed by atoms with E-state index >= 15 is 0 Å². The molecule has 4 heteroatoms. The molecule has 0 spiro atoms. The number of benzene rings is 1. The highest BCUT2D eigenvalue weighted by Gasteiger charge is 2.07. The second-order valence-electron chi connectivity index (χ2n) is 4.36. The Kier molecular flexibility index (Phi) is 3.67. The molecule has 1 N–H and O–H groups in total. The summed E-state index contributed by atoms with van der Waals surface area (Å²) in [7, 11) is 0. The fourth-order valence-electron chi connectivity index (χ4n) is 1.60. The van der Waals surface area contributed by atoms with E-state index in [1.807, 2.05) is 24.3 Å². The maximum atomic E-state index is 11.9. The van der Waals surface area contributed by atoms with Crippen molar-refractivity contribution in [3.8, 4) is 0 Å². The Morgan fingerprint density at radius 2 is 1.94 bits per heavy atom. The van der Waals surface area contributed by atoms with Gasteiger partial charge >= 0.3 is 0 Å². The summed E-state index contributed by atoms with van der Waals surface area (Å²) in [5.74, 6) is 0.235. The van der Waals surface area contributed by atoms with Gasteiger partial charge in [0.2, 0.25) is 0 Å². The van der Waals surface area contributed by atoms with E-state index in [1.54, 1.807) is 0 Å². The number of amides is 1.